The van der Waals surface area contributed by atoms with E-state index in [1.807, 2.05) is 36.4 Å². The lowest BCUT2D eigenvalue weighted by molar-refractivity contribution is 0.0592. The van der Waals surface area contributed by atoms with E-state index in [1.165, 1.54) is 76.9 Å². The Morgan fingerprint density at radius 1 is 0.533 bits per heavy atom. The highest BCUT2D eigenvalue weighted by Gasteiger charge is 2.17. The molecule has 0 atom stereocenters. The first-order chi connectivity index (χ1) is 26.1. The molecule has 3 fully saturated rings. The number of hydrogen-bond donors (Lipinski definition) is 2. The number of hydrogen-bond acceptors (Lipinski definition) is 11. The van der Waals surface area contributed by atoms with Gasteiger partial charge >= 0.3 is 17.9 Å². The highest BCUT2D eigenvalue weighted by molar-refractivity contribution is 5.90. The number of carboxylic acid groups (broad SMARTS) is 1. The lowest BCUT2D eigenvalue weighted by atomic mass is 10.2. The number of anilines is 2. The molecule has 3 aromatic rings. The van der Waals surface area contributed by atoms with E-state index in [-0.39, 0.29) is 61.3 Å². The summed E-state index contributed by atoms with van der Waals surface area (Å²) in [5, 5.41) is 12.1. The van der Waals surface area contributed by atoms with Crippen molar-refractivity contribution < 1.29 is 33.4 Å². The minimum absolute atomic E-state index is 0. The molecule has 3 heterocycles. The number of esters is 2. The van der Waals surface area contributed by atoms with Gasteiger partial charge in [0.15, 0.2) is 0 Å². The number of piperazine rings is 3. The molecule has 344 valence electrons. The molecule has 0 spiro atoms. The van der Waals surface area contributed by atoms with Crippen LogP contribution in [0.4, 0.5) is 15.8 Å². The van der Waals surface area contributed by atoms with E-state index in [0.29, 0.717) is 16.7 Å². The van der Waals surface area contributed by atoms with Crippen LogP contribution in [0.2, 0.25) is 0 Å². The number of likely N-dealkylation sites (N-methyl/N-ethyl adjacent to an activating group) is 3. The summed E-state index contributed by atoms with van der Waals surface area (Å²) in [4.78, 5) is 44.8. The van der Waals surface area contributed by atoms with Gasteiger partial charge in [0.05, 0.1) is 30.9 Å². The Morgan fingerprint density at radius 2 is 0.833 bits per heavy atom. The van der Waals surface area contributed by atoms with Gasteiger partial charge in [0.2, 0.25) is 0 Å². The number of aromatic carboxylic acids is 1. The van der Waals surface area contributed by atoms with Crippen molar-refractivity contribution in [2.45, 2.75) is 57.9 Å². The summed E-state index contributed by atoms with van der Waals surface area (Å²) in [6.07, 6.45) is 0. The van der Waals surface area contributed by atoms with Gasteiger partial charge in [-0.1, -0.05) is 57.9 Å². The summed E-state index contributed by atoms with van der Waals surface area (Å²) in [5.41, 5.74) is 3.60. The molecule has 14 heteroatoms. The molecule has 0 aliphatic carbocycles. The maximum absolute atomic E-state index is 12.3. The number of carbonyl (C=O) groups is 3. The second-order valence-corrected chi connectivity index (χ2v) is 12.9. The third-order valence-electron chi connectivity index (χ3n) is 9.69. The van der Waals surface area contributed by atoms with Crippen molar-refractivity contribution in [3.63, 3.8) is 0 Å². The van der Waals surface area contributed by atoms with Crippen LogP contribution in [0, 0.1) is 5.82 Å². The van der Waals surface area contributed by atoms with Crippen molar-refractivity contribution >= 4 is 41.7 Å². The van der Waals surface area contributed by atoms with Gasteiger partial charge in [-0.05, 0) is 92.4 Å². The number of halogens is 2. The molecular weight excluding hydrogens is 787 g/mol. The zero-order chi connectivity index (χ0) is 39.3. The van der Waals surface area contributed by atoms with E-state index in [4.69, 9.17) is 9.84 Å². The minimum Gasteiger partial charge on any atom is -0.478 e. The first kappa shape index (κ1) is 62.4. The van der Waals surface area contributed by atoms with Crippen molar-refractivity contribution in [2.24, 2.45) is 0 Å². The summed E-state index contributed by atoms with van der Waals surface area (Å²) < 4.78 is 21.4. The van der Waals surface area contributed by atoms with Crippen LogP contribution in [0.25, 0.3) is 0 Å². The quantitative estimate of drug-likeness (QED) is 0.212. The van der Waals surface area contributed by atoms with Crippen LogP contribution in [-0.2, 0) is 9.47 Å². The predicted molar refractivity (Wildman–Crippen MR) is 253 cm³/mol. The van der Waals surface area contributed by atoms with Crippen LogP contribution in [0.1, 0.15) is 89.0 Å². The van der Waals surface area contributed by atoms with E-state index in [2.05, 4.69) is 55.3 Å². The molecule has 0 aromatic heterocycles. The molecule has 12 nitrogen and oxygen atoms in total. The van der Waals surface area contributed by atoms with Gasteiger partial charge in [-0.3, -0.25) is 0 Å². The van der Waals surface area contributed by atoms with Crippen LogP contribution in [0.5, 0.6) is 0 Å². The molecule has 2 N–H and O–H groups in total. The van der Waals surface area contributed by atoms with Gasteiger partial charge in [0, 0.05) is 89.9 Å². The smallest absolute Gasteiger partial charge is 0.337 e. The van der Waals surface area contributed by atoms with Crippen molar-refractivity contribution in [1.29, 1.82) is 0 Å². The second-order valence-electron chi connectivity index (χ2n) is 12.9. The van der Waals surface area contributed by atoms with Gasteiger partial charge in [0.1, 0.15) is 5.82 Å². The monoisotopic (exact) mass is 867 g/mol. The fourth-order valence-corrected chi connectivity index (χ4v) is 6.12. The normalized spacial score (nSPS) is 14.7. The SMILES string of the molecule is C.C.C.C.C.CCN1CCN(c2ccc(C(=O)O)cc2)CC1.CCN1CCN(c2ccc(C(=O)OC)cc2)CC1.CCN1CCNCC1.COC(=O)c1ccc(F)cc1.Cl. The maximum atomic E-state index is 12.3. The molecule has 0 amide bonds. The molecule has 3 aromatic carbocycles. The van der Waals surface area contributed by atoms with E-state index >= 15 is 0 Å². The van der Waals surface area contributed by atoms with Crippen molar-refractivity contribution in [1.82, 2.24) is 20.0 Å². The van der Waals surface area contributed by atoms with E-state index in [0.717, 1.165) is 71.1 Å². The summed E-state index contributed by atoms with van der Waals surface area (Å²) in [6.45, 7) is 23.3. The average molecular weight is 868 g/mol. The Hall–Kier alpha value is -4.27. The summed E-state index contributed by atoms with van der Waals surface area (Å²) >= 11 is 0. The summed E-state index contributed by atoms with van der Waals surface area (Å²) in [7, 11) is 2.69. The number of ether oxygens (including phenoxy) is 2. The molecule has 3 aliphatic rings. The zero-order valence-electron chi connectivity index (χ0n) is 33.0. The van der Waals surface area contributed by atoms with Gasteiger partial charge in [-0.25, -0.2) is 18.8 Å². The molecule has 60 heavy (non-hydrogen) atoms. The number of rotatable bonds is 8. The van der Waals surface area contributed by atoms with E-state index in [9.17, 15) is 18.8 Å². The molecule has 0 radical (unpaired) electrons. The predicted octanol–water partition coefficient (Wildman–Crippen LogP) is 8.27. The Bertz CT molecular complexity index is 1530. The Balaban J connectivity index is -0.000000350. The van der Waals surface area contributed by atoms with Crippen LogP contribution >= 0.6 is 12.4 Å². The van der Waals surface area contributed by atoms with Crippen molar-refractivity contribution in [3.8, 4) is 0 Å². The maximum Gasteiger partial charge on any atom is 0.337 e. The number of carbonyl (C=O) groups excluding carboxylic acids is 2. The highest BCUT2D eigenvalue weighted by Crippen LogP contribution is 2.19. The highest BCUT2D eigenvalue weighted by atomic mass is 35.5. The Morgan fingerprint density at radius 3 is 1.12 bits per heavy atom. The van der Waals surface area contributed by atoms with Gasteiger partial charge in [-0.15, -0.1) is 12.4 Å². The molecule has 0 bridgehead atoms. The molecule has 0 unspecified atom stereocenters. The first-order valence-corrected chi connectivity index (χ1v) is 18.9. The molecule has 0 saturated carbocycles. The van der Waals surface area contributed by atoms with Crippen molar-refractivity contribution in [2.75, 3.05) is 122 Å². The largest absolute Gasteiger partial charge is 0.478 e. The van der Waals surface area contributed by atoms with E-state index in [1.54, 1.807) is 12.1 Å². The van der Waals surface area contributed by atoms with Crippen LogP contribution in [0.15, 0.2) is 72.8 Å². The molecule has 3 aliphatic heterocycles. The fourth-order valence-electron chi connectivity index (χ4n) is 6.12. The second kappa shape index (κ2) is 34.4. The van der Waals surface area contributed by atoms with Crippen molar-refractivity contribution in [3.05, 3.63) is 95.3 Å². The number of carboxylic acids is 1. The number of nitrogens with zero attached hydrogens (tertiary/aromatic N) is 5. The Labute approximate surface area is 369 Å². The van der Waals surface area contributed by atoms with Gasteiger partial charge in [-0.2, -0.15) is 0 Å². The van der Waals surface area contributed by atoms with Crippen LogP contribution < -0.4 is 15.1 Å². The lowest BCUT2D eigenvalue weighted by Gasteiger charge is -2.35. The fraction of sp³-hybridized carbons (Fsp3) is 0.543. The minimum atomic E-state index is -0.868. The molecular formula is C46H80ClFN6O6. The van der Waals surface area contributed by atoms with Crippen LogP contribution in [-0.4, -0.2) is 150 Å². The topological polar surface area (TPSA) is 118 Å². The summed E-state index contributed by atoms with van der Waals surface area (Å²) in [5.74, 6) is -1.97. The molecule has 6 rings (SSSR count). The third-order valence-corrected chi connectivity index (χ3v) is 9.69. The molecule has 3 saturated heterocycles. The Kier molecular flexibility index (Phi) is 35.8. The van der Waals surface area contributed by atoms with Gasteiger partial charge < -0.3 is 44.4 Å². The van der Waals surface area contributed by atoms with Crippen LogP contribution in [0.3, 0.4) is 0 Å². The third kappa shape index (κ3) is 21.3. The number of benzene rings is 3. The zero-order valence-corrected chi connectivity index (χ0v) is 33.9. The van der Waals surface area contributed by atoms with Gasteiger partial charge in [0.25, 0.3) is 0 Å². The standard InChI is InChI=1S/C14H20N2O2.C13H18N2O2.C8H7FO2.C6H14N2.5CH4.ClH/c1-3-15-8-10-16(11-9-15)13-6-4-12(5-7-13)14(17)18-2;1-2-14-7-9-15(10-8-14)12-5-3-11(4-6-12)13(16)17;1-11-8(10)6-2-4-7(9)5-3-6;1-2-8-5-3-7-4-6-8;;;;;;/h4-7H,3,8-11H2,1-2H3;3-6H,2,7-10H2,1H3,(H,16,17);2-5H,1H3;7H,2-6H2,1H3;5*1H4;1H. The summed E-state index contributed by atoms with van der Waals surface area (Å²) in [6, 6.07) is 20.0. The number of methoxy groups -OCH3 is 2. The number of nitrogens with one attached hydrogen (secondary N) is 1. The average Bonchev–Trinajstić information content (AvgIpc) is 3.24. The lowest BCUT2D eigenvalue weighted by Crippen LogP contribution is -2.46. The van der Waals surface area contributed by atoms with E-state index < -0.39 is 11.9 Å². The first-order valence-electron chi connectivity index (χ1n) is 18.9.